The Bertz CT molecular complexity index is 833. The Kier molecular flexibility index (Phi) is 7.38. The van der Waals surface area contributed by atoms with E-state index >= 15 is 0 Å². The molecule has 2 aromatic rings. The van der Waals surface area contributed by atoms with Crippen molar-refractivity contribution in [1.82, 2.24) is 9.80 Å². The second kappa shape index (κ2) is 9.98. The van der Waals surface area contributed by atoms with Crippen LogP contribution < -0.4 is 9.64 Å². The molecule has 162 valence electrons. The Labute approximate surface area is 181 Å². The van der Waals surface area contributed by atoms with Gasteiger partial charge in [0.1, 0.15) is 5.75 Å². The molecule has 1 saturated heterocycles. The van der Waals surface area contributed by atoms with E-state index in [1.807, 2.05) is 43.0 Å². The summed E-state index contributed by atoms with van der Waals surface area (Å²) in [6, 6.07) is 16.7. The van der Waals surface area contributed by atoms with Crippen LogP contribution in [0.2, 0.25) is 0 Å². The monoisotopic (exact) mass is 409 g/mol. The fourth-order valence-electron chi connectivity index (χ4n) is 4.48. The first-order valence-electron chi connectivity index (χ1n) is 11.0. The summed E-state index contributed by atoms with van der Waals surface area (Å²) in [6.45, 7) is 9.95. The van der Waals surface area contributed by atoms with E-state index in [4.69, 9.17) is 4.74 Å². The normalized spacial score (nSPS) is 19.4. The summed E-state index contributed by atoms with van der Waals surface area (Å²) < 4.78 is 5.49. The zero-order chi connectivity index (χ0) is 21.7. The number of hydrogen-bond acceptors (Lipinski definition) is 4. The standard InChI is InChI=1S/C25H35N3O2/c1-6-27(7-2)25(29)20-11-13-21(14-12-20)28(22-9-8-10-23(17-22)30-5)24-15-16-26(4)18-19(24)3/h8-14,17,19,24H,6-7,15-16,18H2,1-5H3/t19-,24+/m0/s1. The van der Waals surface area contributed by atoms with Gasteiger partial charge in [0.2, 0.25) is 0 Å². The van der Waals surface area contributed by atoms with Gasteiger partial charge in [-0.05, 0) is 76.2 Å². The van der Waals surface area contributed by atoms with Crippen LogP contribution in [-0.4, -0.2) is 62.1 Å². The van der Waals surface area contributed by atoms with Crippen LogP contribution in [0.15, 0.2) is 48.5 Å². The van der Waals surface area contributed by atoms with E-state index in [-0.39, 0.29) is 5.91 Å². The van der Waals surface area contributed by atoms with Crippen LogP contribution in [0.3, 0.4) is 0 Å². The highest BCUT2D eigenvalue weighted by atomic mass is 16.5. The second-order valence-electron chi connectivity index (χ2n) is 8.19. The Balaban J connectivity index is 1.96. The molecule has 0 spiro atoms. The van der Waals surface area contributed by atoms with Crippen molar-refractivity contribution in [2.24, 2.45) is 5.92 Å². The number of carbonyl (C=O) groups is 1. The summed E-state index contributed by atoms with van der Waals surface area (Å²) in [7, 11) is 3.89. The zero-order valence-corrected chi connectivity index (χ0v) is 19.0. The number of anilines is 2. The maximum atomic E-state index is 12.7. The highest BCUT2D eigenvalue weighted by Gasteiger charge is 2.31. The Morgan fingerprint density at radius 1 is 1.10 bits per heavy atom. The lowest BCUT2D eigenvalue weighted by atomic mass is 9.91. The smallest absolute Gasteiger partial charge is 0.253 e. The van der Waals surface area contributed by atoms with E-state index in [1.165, 1.54) is 0 Å². The SMILES string of the molecule is CCN(CC)C(=O)c1ccc(N(c2cccc(OC)c2)[C@@H]2CCN(C)C[C@@H]2C)cc1. The molecule has 0 radical (unpaired) electrons. The number of amides is 1. The fourth-order valence-corrected chi connectivity index (χ4v) is 4.48. The number of piperidine rings is 1. The van der Waals surface area contributed by atoms with Crippen LogP contribution in [0.4, 0.5) is 11.4 Å². The van der Waals surface area contributed by atoms with Gasteiger partial charge in [0.15, 0.2) is 0 Å². The Morgan fingerprint density at radius 3 is 2.40 bits per heavy atom. The van der Waals surface area contributed by atoms with Crippen LogP contribution in [0.1, 0.15) is 37.6 Å². The molecular weight excluding hydrogens is 374 g/mol. The van der Waals surface area contributed by atoms with Crippen LogP contribution in [-0.2, 0) is 0 Å². The molecule has 5 heteroatoms. The van der Waals surface area contributed by atoms with E-state index in [1.54, 1.807) is 7.11 Å². The third-order valence-corrected chi connectivity index (χ3v) is 6.17. The molecule has 0 saturated carbocycles. The number of nitrogens with zero attached hydrogens (tertiary/aromatic N) is 3. The summed E-state index contributed by atoms with van der Waals surface area (Å²) in [5.74, 6) is 1.46. The Morgan fingerprint density at radius 2 is 1.80 bits per heavy atom. The maximum absolute atomic E-state index is 12.7. The lowest BCUT2D eigenvalue weighted by molar-refractivity contribution is 0.0773. The third kappa shape index (κ3) is 4.78. The van der Waals surface area contributed by atoms with Crippen LogP contribution in [0.25, 0.3) is 0 Å². The van der Waals surface area contributed by atoms with E-state index in [2.05, 4.69) is 48.0 Å². The van der Waals surface area contributed by atoms with E-state index in [0.717, 1.165) is 55.3 Å². The van der Waals surface area contributed by atoms with Gasteiger partial charge in [0, 0.05) is 48.7 Å². The lowest BCUT2D eigenvalue weighted by Crippen LogP contribution is -2.47. The topological polar surface area (TPSA) is 36.0 Å². The van der Waals surface area contributed by atoms with Crippen molar-refractivity contribution in [2.75, 3.05) is 45.2 Å². The highest BCUT2D eigenvalue weighted by molar-refractivity contribution is 5.94. The van der Waals surface area contributed by atoms with Crippen molar-refractivity contribution >= 4 is 17.3 Å². The van der Waals surface area contributed by atoms with Gasteiger partial charge in [-0.2, -0.15) is 0 Å². The van der Waals surface area contributed by atoms with E-state index in [9.17, 15) is 4.79 Å². The zero-order valence-electron chi connectivity index (χ0n) is 19.0. The van der Waals surface area contributed by atoms with Gasteiger partial charge in [-0.3, -0.25) is 4.79 Å². The number of hydrogen-bond donors (Lipinski definition) is 0. The second-order valence-corrected chi connectivity index (χ2v) is 8.19. The minimum atomic E-state index is 0.0899. The molecule has 3 rings (SSSR count). The average Bonchev–Trinajstić information content (AvgIpc) is 2.77. The van der Waals surface area contributed by atoms with Gasteiger partial charge in [-0.1, -0.05) is 13.0 Å². The number of likely N-dealkylation sites (tertiary alicyclic amines) is 1. The fraction of sp³-hybridized carbons (Fsp3) is 0.480. The first kappa shape index (κ1) is 22.2. The van der Waals surface area contributed by atoms with Crippen LogP contribution in [0, 0.1) is 5.92 Å². The van der Waals surface area contributed by atoms with Crippen LogP contribution >= 0.6 is 0 Å². The van der Waals surface area contributed by atoms with E-state index < -0.39 is 0 Å². The summed E-state index contributed by atoms with van der Waals surface area (Å²) in [5, 5.41) is 0. The quantitative estimate of drug-likeness (QED) is 0.667. The molecule has 2 atom stereocenters. The number of carbonyl (C=O) groups excluding carboxylic acids is 1. The molecule has 0 N–H and O–H groups in total. The van der Waals surface area contributed by atoms with E-state index in [0.29, 0.717) is 12.0 Å². The van der Waals surface area contributed by atoms with Gasteiger partial charge >= 0.3 is 0 Å². The molecule has 0 unspecified atom stereocenters. The summed E-state index contributed by atoms with van der Waals surface area (Å²) >= 11 is 0. The van der Waals surface area contributed by atoms with Gasteiger partial charge in [-0.25, -0.2) is 0 Å². The first-order valence-corrected chi connectivity index (χ1v) is 11.0. The van der Waals surface area contributed by atoms with Crippen molar-refractivity contribution < 1.29 is 9.53 Å². The molecule has 5 nitrogen and oxygen atoms in total. The molecule has 1 amide bonds. The average molecular weight is 410 g/mol. The van der Waals surface area contributed by atoms with Crippen molar-refractivity contribution in [2.45, 2.75) is 33.2 Å². The van der Waals surface area contributed by atoms with Gasteiger partial charge in [-0.15, -0.1) is 0 Å². The minimum absolute atomic E-state index is 0.0899. The molecule has 1 aliphatic rings. The number of benzene rings is 2. The highest BCUT2D eigenvalue weighted by Crippen LogP contribution is 2.35. The molecule has 1 heterocycles. The molecule has 0 aromatic heterocycles. The predicted molar refractivity (Wildman–Crippen MR) is 124 cm³/mol. The van der Waals surface area contributed by atoms with Crippen LogP contribution in [0.5, 0.6) is 5.75 Å². The summed E-state index contributed by atoms with van der Waals surface area (Å²) in [5.41, 5.74) is 2.98. The van der Waals surface area contributed by atoms with Crippen molar-refractivity contribution in [1.29, 1.82) is 0 Å². The van der Waals surface area contributed by atoms with Crippen molar-refractivity contribution in [3.8, 4) is 5.75 Å². The number of rotatable bonds is 7. The van der Waals surface area contributed by atoms with Gasteiger partial charge < -0.3 is 19.4 Å². The first-order chi connectivity index (χ1) is 14.5. The molecule has 1 aliphatic heterocycles. The summed E-state index contributed by atoms with van der Waals surface area (Å²) in [4.78, 5) is 19.4. The van der Waals surface area contributed by atoms with Gasteiger partial charge in [0.05, 0.1) is 7.11 Å². The lowest BCUT2D eigenvalue weighted by Gasteiger charge is -2.43. The number of ether oxygens (including phenoxy) is 1. The van der Waals surface area contributed by atoms with Gasteiger partial charge in [0.25, 0.3) is 5.91 Å². The predicted octanol–water partition coefficient (Wildman–Crippen LogP) is 4.66. The number of methoxy groups -OCH3 is 1. The van der Waals surface area contributed by atoms with Crippen molar-refractivity contribution in [3.05, 3.63) is 54.1 Å². The summed E-state index contributed by atoms with van der Waals surface area (Å²) in [6.07, 6.45) is 1.09. The third-order valence-electron chi connectivity index (χ3n) is 6.17. The minimum Gasteiger partial charge on any atom is -0.497 e. The van der Waals surface area contributed by atoms with Crippen molar-refractivity contribution in [3.63, 3.8) is 0 Å². The molecule has 2 aromatic carbocycles. The largest absolute Gasteiger partial charge is 0.497 e. The Hall–Kier alpha value is -2.53. The molecule has 0 bridgehead atoms. The molecular formula is C25H35N3O2. The molecule has 1 fully saturated rings. The molecule has 0 aliphatic carbocycles. The molecule has 30 heavy (non-hydrogen) atoms. The maximum Gasteiger partial charge on any atom is 0.253 e.